The smallest absolute Gasteiger partial charge is 0.0807 e. The number of para-hydroxylation sites is 1. The van der Waals surface area contributed by atoms with Gasteiger partial charge in [0.25, 0.3) is 0 Å². The van der Waals surface area contributed by atoms with Gasteiger partial charge in [0.2, 0.25) is 0 Å². The third-order valence-electron chi connectivity index (χ3n) is 3.50. The molecule has 3 aromatic rings. The molecule has 0 radical (unpaired) electrons. The molecule has 2 aromatic carbocycles. The number of unbranched alkanes of at least 4 members (excludes halogenated alkanes) is 1. The summed E-state index contributed by atoms with van der Waals surface area (Å²) in [7, 11) is 0. The molecule has 0 aliphatic heterocycles. The first-order valence-electron chi connectivity index (χ1n) is 7.25. The summed E-state index contributed by atoms with van der Waals surface area (Å²) in [4.78, 5) is 1.29. The molecule has 0 N–H and O–H groups in total. The number of alkyl halides is 1. The van der Waals surface area contributed by atoms with E-state index in [1.807, 2.05) is 11.8 Å². The van der Waals surface area contributed by atoms with Gasteiger partial charge in [-0.05, 0) is 37.1 Å². The van der Waals surface area contributed by atoms with Gasteiger partial charge in [-0.3, -0.25) is 0 Å². The van der Waals surface area contributed by atoms with Gasteiger partial charge in [-0.15, -0.1) is 0 Å². The zero-order valence-electron chi connectivity index (χ0n) is 11.8. The van der Waals surface area contributed by atoms with Gasteiger partial charge >= 0.3 is 0 Å². The van der Waals surface area contributed by atoms with E-state index < -0.39 is 0 Å². The molecular formula is C18H18BrNS. The maximum absolute atomic E-state index is 3.52. The number of aromatic nitrogens is 1. The van der Waals surface area contributed by atoms with Gasteiger partial charge in [-0.2, -0.15) is 0 Å². The average Bonchev–Trinajstić information content (AvgIpc) is 2.86. The largest absolute Gasteiger partial charge is 0.335 e. The molecule has 0 unspecified atom stereocenters. The van der Waals surface area contributed by atoms with Crippen LogP contribution in [0, 0.1) is 0 Å². The molecule has 0 amide bonds. The second-order valence-electron chi connectivity index (χ2n) is 5.00. The molecule has 0 bridgehead atoms. The predicted molar refractivity (Wildman–Crippen MR) is 95.5 cm³/mol. The van der Waals surface area contributed by atoms with E-state index in [-0.39, 0.29) is 0 Å². The summed E-state index contributed by atoms with van der Waals surface area (Å²) in [6, 6.07) is 21.6. The lowest BCUT2D eigenvalue weighted by molar-refractivity contribution is 0.618. The molecule has 0 saturated carbocycles. The minimum Gasteiger partial charge on any atom is -0.335 e. The van der Waals surface area contributed by atoms with Crippen molar-refractivity contribution in [2.45, 2.75) is 29.3 Å². The molecule has 1 nitrogen and oxygen atoms in total. The van der Waals surface area contributed by atoms with Crippen LogP contribution in [0.2, 0.25) is 0 Å². The molecule has 0 spiro atoms. The monoisotopic (exact) mass is 359 g/mol. The molecule has 3 rings (SSSR count). The van der Waals surface area contributed by atoms with E-state index in [0.717, 1.165) is 11.9 Å². The lowest BCUT2D eigenvalue weighted by Crippen LogP contribution is -1.99. The van der Waals surface area contributed by atoms with Crippen LogP contribution in [0.5, 0.6) is 0 Å². The van der Waals surface area contributed by atoms with Crippen molar-refractivity contribution < 1.29 is 0 Å². The van der Waals surface area contributed by atoms with Gasteiger partial charge in [-0.25, -0.2) is 0 Å². The predicted octanol–water partition coefficient (Wildman–Crippen LogP) is 5.97. The van der Waals surface area contributed by atoms with E-state index in [9.17, 15) is 0 Å². The van der Waals surface area contributed by atoms with Crippen LogP contribution in [0.15, 0.2) is 70.6 Å². The standard InChI is InChI=1S/C18H18BrNS/c19-12-6-7-13-20-17-11-5-4-8-15(17)14-18(20)21-16-9-2-1-3-10-16/h1-5,8-11,14H,6-7,12-13H2. The fourth-order valence-electron chi connectivity index (χ4n) is 2.47. The number of aryl methyl sites for hydroxylation is 1. The molecular weight excluding hydrogens is 342 g/mol. The molecule has 3 heteroatoms. The van der Waals surface area contributed by atoms with Crippen LogP contribution in [-0.2, 0) is 6.54 Å². The molecule has 0 saturated heterocycles. The van der Waals surface area contributed by atoms with Crippen molar-refractivity contribution in [2.75, 3.05) is 5.33 Å². The second-order valence-corrected chi connectivity index (χ2v) is 6.89. The van der Waals surface area contributed by atoms with Crippen LogP contribution in [-0.4, -0.2) is 9.90 Å². The number of hydrogen-bond donors (Lipinski definition) is 0. The first-order chi connectivity index (χ1) is 10.4. The first kappa shape index (κ1) is 14.7. The van der Waals surface area contributed by atoms with Crippen molar-refractivity contribution in [2.24, 2.45) is 0 Å². The Bertz CT molecular complexity index is 706. The fourth-order valence-corrected chi connectivity index (χ4v) is 3.89. The molecule has 0 aliphatic rings. The lowest BCUT2D eigenvalue weighted by atomic mass is 10.2. The highest BCUT2D eigenvalue weighted by Crippen LogP contribution is 2.33. The molecule has 0 fully saturated rings. The Morgan fingerprint density at radius 1 is 0.905 bits per heavy atom. The van der Waals surface area contributed by atoms with Gasteiger partial charge in [-0.1, -0.05) is 64.1 Å². The van der Waals surface area contributed by atoms with Crippen molar-refractivity contribution in [1.82, 2.24) is 4.57 Å². The van der Waals surface area contributed by atoms with Crippen LogP contribution in [0.4, 0.5) is 0 Å². The highest BCUT2D eigenvalue weighted by atomic mass is 79.9. The van der Waals surface area contributed by atoms with E-state index in [0.29, 0.717) is 0 Å². The van der Waals surface area contributed by atoms with Crippen LogP contribution in [0.3, 0.4) is 0 Å². The zero-order chi connectivity index (χ0) is 14.5. The second kappa shape index (κ2) is 7.19. The summed E-state index contributed by atoms with van der Waals surface area (Å²) in [6.07, 6.45) is 2.41. The lowest BCUT2D eigenvalue weighted by Gasteiger charge is -2.10. The molecule has 0 atom stereocenters. The number of fused-ring (bicyclic) bond motifs is 1. The Balaban J connectivity index is 1.94. The number of hydrogen-bond acceptors (Lipinski definition) is 1. The molecule has 21 heavy (non-hydrogen) atoms. The summed E-state index contributed by atoms with van der Waals surface area (Å²) in [6.45, 7) is 1.08. The van der Waals surface area contributed by atoms with Crippen molar-refractivity contribution in [1.29, 1.82) is 0 Å². The SMILES string of the molecule is BrCCCCn1c(Sc2ccccc2)cc2ccccc21. The van der Waals surface area contributed by atoms with Gasteiger partial charge in [0, 0.05) is 27.7 Å². The average molecular weight is 360 g/mol. The van der Waals surface area contributed by atoms with Gasteiger partial charge in [0.1, 0.15) is 0 Å². The van der Waals surface area contributed by atoms with E-state index >= 15 is 0 Å². The topological polar surface area (TPSA) is 4.93 Å². The van der Waals surface area contributed by atoms with E-state index in [2.05, 4.69) is 81.2 Å². The maximum atomic E-state index is 3.52. The minimum absolute atomic E-state index is 1.08. The number of nitrogens with zero attached hydrogens (tertiary/aromatic N) is 1. The van der Waals surface area contributed by atoms with Gasteiger partial charge in [0.05, 0.1) is 5.03 Å². The number of rotatable bonds is 6. The third-order valence-corrected chi connectivity index (χ3v) is 5.12. The number of halogens is 1. The summed E-state index contributed by atoms with van der Waals surface area (Å²) in [5.74, 6) is 0. The van der Waals surface area contributed by atoms with E-state index in [1.165, 1.54) is 33.7 Å². The van der Waals surface area contributed by atoms with Crippen LogP contribution >= 0.6 is 27.7 Å². The zero-order valence-corrected chi connectivity index (χ0v) is 14.2. The molecule has 1 aromatic heterocycles. The highest BCUT2D eigenvalue weighted by Gasteiger charge is 2.09. The van der Waals surface area contributed by atoms with Crippen LogP contribution in [0.25, 0.3) is 10.9 Å². The van der Waals surface area contributed by atoms with Crippen molar-refractivity contribution in [3.8, 4) is 0 Å². The van der Waals surface area contributed by atoms with Crippen molar-refractivity contribution in [3.05, 3.63) is 60.7 Å². The van der Waals surface area contributed by atoms with Crippen molar-refractivity contribution >= 4 is 38.6 Å². The summed E-state index contributed by atoms with van der Waals surface area (Å²) in [5.41, 5.74) is 1.34. The Labute approximate surface area is 138 Å². The molecule has 0 aliphatic carbocycles. The highest BCUT2D eigenvalue weighted by molar-refractivity contribution is 9.09. The normalized spacial score (nSPS) is 11.1. The first-order valence-corrected chi connectivity index (χ1v) is 9.19. The minimum atomic E-state index is 1.08. The molecule has 1 heterocycles. The van der Waals surface area contributed by atoms with Gasteiger partial charge in [0.15, 0.2) is 0 Å². The van der Waals surface area contributed by atoms with Gasteiger partial charge < -0.3 is 4.57 Å². The Morgan fingerprint density at radius 3 is 2.48 bits per heavy atom. The Hall–Kier alpha value is -1.19. The number of benzene rings is 2. The van der Waals surface area contributed by atoms with Crippen LogP contribution < -0.4 is 0 Å². The fraction of sp³-hybridized carbons (Fsp3) is 0.222. The Morgan fingerprint density at radius 2 is 1.67 bits per heavy atom. The van der Waals surface area contributed by atoms with E-state index in [4.69, 9.17) is 0 Å². The Kier molecular flexibility index (Phi) is 5.04. The summed E-state index contributed by atoms with van der Waals surface area (Å²) in [5, 5.41) is 3.74. The van der Waals surface area contributed by atoms with Crippen LogP contribution in [0.1, 0.15) is 12.8 Å². The maximum Gasteiger partial charge on any atom is 0.0807 e. The summed E-state index contributed by atoms with van der Waals surface area (Å²) < 4.78 is 2.45. The molecule has 108 valence electrons. The quantitative estimate of drug-likeness (QED) is 0.387. The van der Waals surface area contributed by atoms with E-state index in [1.54, 1.807) is 0 Å². The summed E-state index contributed by atoms with van der Waals surface area (Å²) >= 11 is 5.37. The third kappa shape index (κ3) is 3.53. The van der Waals surface area contributed by atoms with Crippen molar-refractivity contribution in [3.63, 3.8) is 0 Å².